The molecule has 1 aliphatic heterocycles. The number of carbonyl (C=O) groups excluding carboxylic acids is 1. The van der Waals surface area contributed by atoms with Gasteiger partial charge in [-0.05, 0) is 42.3 Å². The van der Waals surface area contributed by atoms with Gasteiger partial charge in [-0.2, -0.15) is 0 Å². The summed E-state index contributed by atoms with van der Waals surface area (Å²) in [6.07, 6.45) is 4.43. The van der Waals surface area contributed by atoms with Crippen molar-refractivity contribution in [3.8, 4) is 11.5 Å². The summed E-state index contributed by atoms with van der Waals surface area (Å²) in [7, 11) is 3.16. The van der Waals surface area contributed by atoms with Crippen molar-refractivity contribution >= 4 is 27.8 Å². The Morgan fingerprint density at radius 2 is 1.64 bits per heavy atom. The predicted molar refractivity (Wildman–Crippen MR) is 130 cm³/mol. The maximum absolute atomic E-state index is 12.6. The van der Waals surface area contributed by atoms with Gasteiger partial charge in [0.1, 0.15) is 0 Å². The van der Waals surface area contributed by atoms with E-state index in [1.54, 1.807) is 20.3 Å². The Morgan fingerprint density at radius 3 is 2.42 bits per heavy atom. The SMILES string of the molecule is CCCCCCn1c2ccccc2c2cc(C3OC(=O)c4cc(OC)c(OC)cc43)ccc21. The van der Waals surface area contributed by atoms with Crippen molar-refractivity contribution < 1.29 is 19.0 Å². The molecule has 33 heavy (non-hydrogen) atoms. The zero-order chi connectivity index (χ0) is 22.9. The first-order chi connectivity index (χ1) is 16.2. The molecule has 0 amide bonds. The second-order valence-corrected chi connectivity index (χ2v) is 8.59. The monoisotopic (exact) mass is 443 g/mol. The van der Waals surface area contributed by atoms with Crippen molar-refractivity contribution in [1.29, 1.82) is 0 Å². The second-order valence-electron chi connectivity index (χ2n) is 8.59. The van der Waals surface area contributed by atoms with Crippen molar-refractivity contribution in [1.82, 2.24) is 4.57 Å². The van der Waals surface area contributed by atoms with E-state index in [9.17, 15) is 4.79 Å². The fraction of sp³-hybridized carbons (Fsp3) is 0.321. The number of benzene rings is 3. The van der Waals surface area contributed by atoms with Crippen molar-refractivity contribution in [2.24, 2.45) is 0 Å². The lowest BCUT2D eigenvalue weighted by molar-refractivity contribution is 0.0456. The number of cyclic esters (lactones) is 1. The molecule has 1 unspecified atom stereocenters. The summed E-state index contributed by atoms with van der Waals surface area (Å²) in [6.45, 7) is 3.24. The zero-order valence-electron chi connectivity index (χ0n) is 19.4. The van der Waals surface area contributed by atoms with Gasteiger partial charge in [0, 0.05) is 33.9 Å². The van der Waals surface area contributed by atoms with Gasteiger partial charge in [0.05, 0.1) is 19.8 Å². The molecule has 5 heteroatoms. The summed E-state index contributed by atoms with van der Waals surface area (Å²) >= 11 is 0. The molecule has 1 aromatic heterocycles. The molecular formula is C28H29NO4. The van der Waals surface area contributed by atoms with Gasteiger partial charge < -0.3 is 18.8 Å². The summed E-state index contributed by atoms with van der Waals surface area (Å²) in [5.41, 5.74) is 4.75. The summed E-state index contributed by atoms with van der Waals surface area (Å²) in [5.74, 6) is 0.772. The molecule has 0 spiro atoms. The van der Waals surface area contributed by atoms with Gasteiger partial charge in [-0.1, -0.05) is 50.5 Å². The summed E-state index contributed by atoms with van der Waals surface area (Å²) < 4.78 is 19.1. The number of aromatic nitrogens is 1. The Hall–Kier alpha value is -3.47. The molecule has 3 aromatic carbocycles. The first-order valence-electron chi connectivity index (χ1n) is 11.6. The maximum atomic E-state index is 12.6. The first kappa shape index (κ1) is 21.4. The zero-order valence-corrected chi connectivity index (χ0v) is 19.4. The minimum absolute atomic E-state index is 0.339. The van der Waals surface area contributed by atoms with Gasteiger partial charge in [0.15, 0.2) is 17.6 Å². The summed E-state index contributed by atoms with van der Waals surface area (Å²) in [5, 5.41) is 2.41. The molecule has 1 aliphatic rings. The Morgan fingerprint density at radius 1 is 0.879 bits per heavy atom. The lowest BCUT2D eigenvalue weighted by Gasteiger charge is -2.14. The average Bonchev–Trinajstić information content (AvgIpc) is 3.35. The highest BCUT2D eigenvalue weighted by Gasteiger charge is 2.34. The molecule has 170 valence electrons. The third-order valence-corrected chi connectivity index (χ3v) is 6.62. The molecule has 0 saturated heterocycles. The van der Waals surface area contributed by atoms with Crippen LogP contribution < -0.4 is 9.47 Å². The van der Waals surface area contributed by atoms with Crippen molar-refractivity contribution in [2.45, 2.75) is 45.3 Å². The molecule has 1 atom stereocenters. The topological polar surface area (TPSA) is 49.7 Å². The van der Waals surface area contributed by atoms with Crippen LogP contribution in [0.2, 0.25) is 0 Å². The minimum atomic E-state index is -0.469. The standard InChI is InChI=1S/C28H29NO4/c1-4-5-6-9-14-29-23-11-8-7-10-19(23)20-15-18(12-13-24(20)29)27-21-16-25(31-2)26(32-3)17-22(21)28(30)33-27/h7-8,10-13,15-17,27H,4-6,9,14H2,1-3H3. The molecule has 0 fully saturated rings. The summed E-state index contributed by atoms with van der Waals surface area (Å²) in [4.78, 5) is 12.6. The number of hydrogen-bond donors (Lipinski definition) is 0. The van der Waals surface area contributed by atoms with Crippen LogP contribution in [-0.4, -0.2) is 24.8 Å². The average molecular weight is 444 g/mol. The number of rotatable bonds is 8. The van der Waals surface area contributed by atoms with E-state index in [1.165, 1.54) is 47.5 Å². The van der Waals surface area contributed by atoms with Crippen LogP contribution in [0.3, 0.4) is 0 Å². The number of methoxy groups -OCH3 is 2. The van der Waals surface area contributed by atoms with E-state index in [0.717, 1.165) is 17.7 Å². The lowest BCUT2D eigenvalue weighted by Crippen LogP contribution is -2.01. The number of carbonyl (C=O) groups is 1. The third-order valence-electron chi connectivity index (χ3n) is 6.62. The van der Waals surface area contributed by atoms with Gasteiger partial charge >= 0.3 is 5.97 Å². The predicted octanol–water partition coefficient (Wildman–Crippen LogP) is 6.65. The van der Waals surface area contributed by atoms with E-state index in [-0.39, 0.29) is 5.97 Å². The van der Waals surface area contributed by atoms with E-state index in [4.69, 9.17) is 14.2 Å². The Bertz CT molecular complexity index is 1340. The van der Waals surface area contributed by atoms with Crippen LogP contribution in [0.25, 0.3) is 21.8 Å². The van der Waals surface area contributed by atoms with Gasteiger partial charge in [-0.3, -0.25) is 0 Å². The van der Waals surface area contributed by atoms with Crippen LogP contribution in [0.15, 0.2) is 54.6 Å². The second kappa shape index (κ2) is 8.81. The Balaban J connectivity index is 1.59. The highest BCUT2D eigenvalue weighted by atomic mass is 16.5. The van der Waals surface area contributed by atoms with Crippen LogP contribution >= 0.6 is 0 Å². The van der Waals surface area contributed by atoms with Crippen molar-refractivity contribution in [3.63, 3.8) is 0 Å². The van der Waals surface area contributed by atoms with Crippen LogP contribution in [0.4, 0.5) is 0 Å². The van der Waals surface area contributed by atoms with Gasteiger partial charge in [-0.25, -0.2) is 4.79 Å². The highest BCUT2D eigenvalue weighted by molar-refractivity contribution is 6.08. The van der Waals surface area contributed by atoms with E-state index in [0.29, 0.717) is 17.1 Å². The lowest BCUT2D eigenvalue weighted by atomic mass is 9.97. The molecule has 0 aliphatic carbocycles. The number of fused-ring (bicyclic) bond motifs is 4. The van der Waals surface area contributed by atoms with Gasteiger partial charge in [0.2, 0.25) is 0 Å². The molecule has 0 radical (unpaired) electrons. The molecule has 0 saturated carbocycles. The minimum Gasteiger partial charge on any atom is -0.493 e. The van der Waals surface area contributed by atoms with Crippen LogP contribution in [0, 0.1) is 0 Å². The van der Waals surface area contributed by atoms with Crippen LogP contribution in [0.1, 0.15) is 60.2 Å². The number of ether oxygens (including phenoxy) is 3. The van der Waals surface area contributed by atoms with Crippen molar-refractivity contribution in [3.05, 3.63) is 71.3 Å². The number of nitrogens with zero attached hydrogens (tertiary/aromatic N) is 1. The molecule has 4 aromatic rings. The van der Waals surface area contributed by atoms with E-state index in [2.05, 4.69) is 54.0 Å². The van der Waals surface area contributed by atoms with Gasteiger partial charge in [0.25, 0.3) is 0 Å². The molecule has 2 heterocycles. The number of hydrogen-bond acceptors (Lipinski definition) is 4. The third kappa shape index (κ3) is 3.62. The van der Waals surface area contributed by atoms with Gasteiger partial charge in [-0.15, -0.1) is 0 Å². The number of esters is 1. The number of aryl methyl sites for hydroxylation is 1. The van der Waals surface area contributed by atoms with E-state index < -0.39 is 6.10 Å². The first-order valence-corrected chi connectivity index (χ1v) is 11.6. The number of unbranched alkanes of at least 4 members (excludes halogenated alkanes) is 3. The Kier molecular flexibility index (Phi) is 5.71. The Labute approximate surface area is 193 Å². The smallest absolute Gasteiger partial charge is 0.339 e. The number of para-hydroxylation sites is 1. The quantitative estimate of drug-likeness (QED) is 0.226. The van der Waals surface area contributed by atoms with E-state index in [1.807, 2.05) is 6.07 Å². The van der Waals surface area contributed by atoms with Crippen LogP contribution in [0.5, 0.6) is 11.5 Å². The molecule has 5 rings (SSSR count). The molecule has 0 N–H and O–H groups in total. The molecule has 0 bridgehead atoms. The largest absolute Gasteiger partial charge is 0.493 e. The normalized spacial score (nSPS) is 15.1. The van der Waals surface area contributed by atoms with Crippen molar-refractivity contribution in [2.75, 3.05) is 14.2 Å². The van der Waals surface area contributed by atoms with E-state index >= 15 is 0 Å². The fourth-order valence-corrected chi connectivity index (χ4v) is 4.94. The molecule has 5 nitrogen and oxygen atoms in total. The highest BCUT2D eigenvalue weighted by Crippen LogP contribution is 2.43. The fourth-order valence-electron chi connectivity index (χ4n) is 4.94. The summed E-state index contributed by atoms with van der Waals surface area (Å²) in [6, 6.07) is 18.5. The van der Waals surface area contributed by atoms with Crippen LogP contribution in [-0.2, 0) is 11.3 Å². The maximum Gasteiger partial charge on any atom is 0.339 e. The molecular weight excluding hydrogens is 414 g/mol.